The van der Waals surface area contributed by atoms with Gasteiger partial charge >= 0.3 is 0 Å². The number of aliphatic imine (C=N–C) groups is 1. The molecule has 0 bridgehead atoms. The van der Waals surface area contributed by atoms with E-state index in [0.717, 1.165) is 17.1 Å². The Labute approximate surface area is 111 Å². The molecule has 0 radical (unpaired) electrons. The Balaban J connectivity index is 1.96. The summed E-state index contributed by atoms with van der Waals surface area (Å²) in [6, 6.07) is 7.43. The number of benzene rings is 1. The van der Waals surface area contributed by atoms with E-state index in [1.165, 1.54) is 0 Å². The molecule has 1 heterocycles. The molecule has 0 atom stereocenters. The highest BCUT2D eigenvalue weighted by molar-refractivity contribution is 5.92. The topological polar surface area (TPSA) is 90.3 Å². The molecule has 2 aromatic rings. The van der Waals surface area contributed by atoms with Crippen molar-refractivity contribution < 1.29 is 4.74 Å². The first-order valence-electron chi connectivity index (χ1n) is 5.73. The lowest BCUT2D eigenvalue weighted by Crippen LogP contribution is -2.22. The fraction of sp³-hybridized carbons (Fsp3) is 0.250. The van der Waals surface area contributed by atoms with Gasteiger partial charge in [-0.05, 0) is 24.3 Å². The summed E-state index contributed by atoms with van der Waals surface area (Å²) in [5.41, 5.74) is 7.54. The number of aromatic nitrogens is 3. The highest BCUT2D eigenvalue weighted by Gasteiger charge is 1.99. The van der Waals surface area contributed by atoms with E-state index >= 15 is 0 Å². The quantitative estimate of drug-likeness (QED) is 0.625. The molecule has 0 aliphatic carbocycles. The van der Waals surface area contributed by atoms with Gasteiger partial charge in [0.1, 0.15) is 5.75 Å². The lowest BCUT2D eigenvalue weighted by atomic mass is 10.3. The average Bonchev–Trinajstić information content (AvgIpc) is 2.83. The van der Waals surface area contributed by atoms with Crippen molar-refractivity contribution >= 4 is 11.6 Å². The first-order valence-corrected chi connectivity index (χ1v) is 5.73. The molecular weight excluding hydrogens is 244 g/mol. The molecule has 100 valence electrons. The highest BCUT2D eigenvalue weighted by Crippen LogP contribution is 2.14. The van der Waals surface area contributed by atoms with E-state index in [4.69, 9.17) is 10.5 Å². The Kier molecular flexibility index (Phi) is 3.97. The molecule has 1 aromatic heterocycles. The first-order chi connectivity index (χ1) is 9.19. The van der Waals surface area contributed by atoms with Crippen LogP contribution in [0.4, 0.5) is 5.69 Å². The van der Waals surface area contributed by atoms with E-state index in [2.05, 4.69) is 20.6 Å². The number of nitrogens with two attached hydrogens (primary N) is 1. The normalized spacial score (nSPS) is 11.4. The molecule has 3 N–H and O–H groups in total. The minimum atomic E-state index is 0.339. The van der Waals surface area contributed by atoms with Crippen LogP contribution in [0.25, 0.3) is 0 Å². The van der Waals surface area contributed by atoms with Crippen LogP contribution in [0.15, 0.2) is 35.5 Å². The largest absolute Gasteiger partial charge is 0.497 e. The molecule has 1 aromatic carbocycles. The molecule has 7 heteroatoms. The number of methoxy groups -OCH3 is 1. The molecule has 19 heavy (non-hydrogen) atoms. The second kappa shape index (κ2) is 5.85. The second-order valence-corrected chi connectivity index (χ2v) is 3.90. The first kappa shape index (κ1) is 12.9. The molecule has 7 nitrogen and oxygen atoms in total. The lowest BCUT2D eigenvalue weighted by Gasteiger charge is -2.06. The van der Waals surface area contributed by atoms with Crippen LogP contribution in [0.5, 0.6) is 5.75 Å². The van der Waals surface area contributed by atoms with Gasteiger partial charge in [-0.1, -0.05) is 5.21 Å². The van der Waals surface area contributed by atoms with Gasteiger partial charge in [0.05, 0.1) is 25.5 Å². The molecule has 0 saturated carbocycles. The third-order valence-electron chi connectivity index (χ3n) is 2.58. The predicted molar refractivity (Wildman–Crippen MR) is 72.9 cm³/mol. The van der Waals surface area contributed by atoms with E-state index in [1.54, 1.807) is 18.0 Å². The van der Waals surface area contributed by atoms with Crippen LogP contribution >= 0.6 is 0 Å². The number of nitrogens with one attached hydrogen (secondary N) is 1. The summed E-state index contributed by atoms with van der Waals surface area (Å²) in [5.74, 6) is 1.13. The Morgan fingerprint density at radius 3 is 2.74 bits per heavy atom. The standard InChI is InChI=1S/C12H16N6O/c1-18-10(8-15-17-18)7-14-12(13)16-9-3-5-11(19-2)6-4-9/h3-6,8H,7H2,1-2H3,(H3,13,14,16). The van der Waals surface area contributed by atoms with Gasteiger partial charge in [-0.3, -0.25) is 4.68 Å². The third-order valence-corrected chi connectivity index (χ3v) is 2.58. The van der Waals surface area contributed by atoms with Crippen LogP contribution in [0.3, 0.4) is 0 Å². The summed E-state index contributed by atoms with van der Waals surface area (Å²) >= 11 is 0. The molecule has 0 aliphatic rings. The van der Waals surface area contributed by atoms with Crippen LogP contribution in [-0.2, 0) is 13.6 Å². The van der Waals surface area contributed by atoms with E-state index < -0.39 is 0 Å². The van der Waals surface area contributed by atoms with Crippen molar-refractivity contribution in [3.63, 3.8) is 0 Å². The van der Waals surface area contributed by atoms with Crippen molar-refractivity contribution in [2.24, 2.45) is 17.8 Å². The molecule has 0 aliphatic heterocycles. The molecule has 0 spiro atoms. The maximum atomic E-state index is 5.80. The summed E-state index contributed by atoms with van der Waals surface area (Å²) in [6.45, 7) is 0.429. The molecule has 0 saturated heterocycles. The van der Waals surface area contributed by atoms with Crippen LogP contribution in [0.2, 0.25) is 0 Å². The smallest absolute Gasteiger partial charge is 0.193 e. The number of hydrogen-bond acceptors (Lipinski definition) is 4. The Bertz CT molecular complexity index is 560. The van der Waals surface area contributed by atoms with Crippen molar-refractivity contribution in [2.75, 3.05) is 12.4 Å². The van der Waals surface area contributed by atoms with Crippen molar-refractivity contribution in [3.8, 4) is 5.75 Å². The Morgan fingerprint density at radius 1 is 1.42 bits per heavy atom. The fourth-order valence-corrected chi connectivity index (χ4v) is 1.48. The van der Waals surface area contributed by atoms with Gasteiger partial charge in [0.2, 0.25) is 0 Å². The highest BCUT2D eigenvalue weighted by atomic mass is 16.5. The zero-order chi connectivity index (χ0) is 13.7. The summed E-state index contributed by atoms with van der Waals surface area (Å²) in [7, 11) is 3.44. The summed E-state index contributed by atoms with van der Waals surface area (Å²) in [6.07, 6.45) is 1.66. The summed E-state index contributed by atoms with van der Waals surface area (Å²) in [5, 5.41) is 10.6. The molecule has 0 unspecified atom stereocenters. The lowest BCUT2D eigenvalue weighted by molar-refractivity contribution is 0.415. The number of guanidine groups is 1. The summed E-state index contributed by atoms with van der Waals surface area (Å²) in [4.78, 5) is 4.22. The number of rotatable bonds is 4. The minimum absolute atomic E-state index is 0.339. The number of nitrogens with zero attached hydrogens (tertiary/aromatic N) is 4. The number of hydrogen-bond donors (Lipinski definition) is 2. The monoisotopic (exact) mass is 260 g/mol. The van der Waals surface area contributed by atoms with Gasteiger partial charge in [-0.15, -0.1) is 5.10 Å². The minimum Gasteiger partial charge on any atom is -0.497 e. The van der Waals surface area contributed by atoms with Crippen molar-refractivity contribution in [1.29, 1.82) is 0 Å². The second-order valence-electron chi connectivity index (χ2n) is 3.90. The zero-order valence-electron chi connectivity index (χ0n) is 10.9. The van der Waals surface area contributed by atoms with Gasteiger partial charge < -0.3 is 15.8 Å². The fourth-order valence-electron chi connectivity index (χ4n) is 1.48. The van der Waals surface area contributed by atoms with E-state index in [9.17, 15) is 0 Å². The molecular formula is C12H16N6O. The van der Waals surface area contributed by atoms with Crippen molar-refractivity contribution in [2.45, 2.75) is 6.54 Å². The average molecular weight is 260 g/mol. The Morgan fingerprint density at radius 2 is 2.16 bits per heavy atom. The SMILES string of the molecule is COc1ccc(NC(N)=NCc2cnnn2C)cc1. The summed E-state index contributed by atoms with van der Waals surface area (Å²) < 4.78 is 6.73. The van der Waals surface area contributed by atoms with Crippen LogP contribution in [0.1, 0.15) is 5.69 Å². The Hall–Kier alpha value is -2.57. The maximum Gasteiger partial charge on any atom is 0.193 e. The van der Waals surface area contributed by atoms with Crippen molar-refractivity contribution in [1.82, 2.24) is 15.0 Å². The van der Waals surface area contributed by atoms with Gasteiger partial charge in [-0.2, -0.15) is 0 Å². The van der Waals surface area contributed by atoms with Crippen LogP contribution < -0.4 is 15.8 Å². The van der Waals surface area contributed by atoms with E-state index in [-0.39, 0.29) is 0 Å². The maximum absolute atomic E-state index is 5.80. The van der Waals surface area contributed by atoms with Crippen molar-refractivity contribution in [3.05, 3.63) is 36.2 Å². The third kappa shape index (κ3) is 3.44. The van der Waals surface area contributed by atoms with Gasteiger partial charge in [-0.25, -0.2) is 4.99 Å². The van der Waals surface area contributed by atoms with E-state index in [1.807, 2.05) is 31.3 Å². The van der Waals surface area contributed by atoms with Gasteiger partial charge in [0.25, 0.3) is 0 Å². The van der Waals surface area contributed by atoms with Crippen LogP contribution in [0, 0.1) is 0 Å². The zero-order valence-corrected chi connectivity index (χ0v) is 10.9. The predicted octanol–water partition coefficient (Wildman–Crippen LogP) is 0.750. The van der Waals surface area contributed by atoms with Gasteiger partial charge in [0.15, 0.2) is 5.96 Å². The number of aryl methyl sites for hydroxylation is 1. The number of ether oxygens (including phenoxy) is 1. The number of anilines is 1. The molecule has 2 rings (SSSR count). The van der Waals surface area contributed by atoms with Crippen LogP contribution in [-0.4, -0.2) is 28.1 Å². The molecule has 0 amide bonds. The van der Waals surface area contributed by atoms with E-state index in [0.29, 0.717) is 12.5 Å². The molecule has 0 fully saturated rings. The van der Waals surface area contributed by atoms with Gasteiger partial charge in [0, 0.05) is 12.7 Å².